The van der Waals surface area contributed by atoms with E-state index in [0.717, 1.165) is 0 Å². The molecule has 0 aromatic heterocycles. The van der Waals surface area contributed by atoms with Gasteiger partial charge < -0.3 is 20.3 Å². The number of ether oxygens (including phenoxy) is 1. The van der Waals surface area contributed by atoms with Crippen LogP contribution in [-0.2, 0) is 0 Å². The lowest BCUT2D eigenvalue weighted by molar-refractivity contribution is 0.102. The van der Waals surface area contributed by atoms with Crippen LogP contribution in [0.3, 0.4) is 0 Å². The lowest BCUT2D eigenvalue weighted by atomic mass is 10.1. The minimum atomic E-state index is -0.507. The minimum Gasteiger partial charge on any atom is -0.504 e. The monoisotopic (exact) mass is 273 g/mol. The molecule has 0 unspecified atom stereocenters. The number of benzene rings is 2. The number of rotatable bonds is 4. The number of phenolic OH excluding ortho intramolecular Hbond substituents is 2. The van der Waals surface area contributed by atoms with Gasteiger partial charge in [0.1, 0.15) is 5.75 Å². The molecule has 5 nitrogen and oxygen atoms in total. The summed E-state index contributed by atoms with van der Waals surface area (Å²) in [5, 5.41) is 21.7. The topological polar surface area (TPSA) is 78.8 Å². The Hall–Kier alpha value is -2.69. The van der Waals surface area contributed by atoms with Gasteiger partial charge in [0.05, 0.1) is 12.2 Å². The Kier molecular flexibility index (Phi) is 4.10. The molecule has 2 rings (SSSR count). The van der Waals surface area contributed by atoms with Gasteiger partial charge in [-0.05, 0) is 31.2 Å². The summed E-state index contributed by atoms with van der Waals surface area (Å²) in [4.78, 5) is 12.0. The highest BCUT2D eigenvalue weighted by atomic mass is 16.5. The van der Waals surface area contributed by atoms with Gasteiger partial charge >= 0.3 is 0 Å². The Morgan fingerprint density at radius 3 is 2.70 bits per heavy atom. The Morgan fingerprint density at radius 1 is 1.20 bits per heavy atom. The van der Waals surface area contributed by atoms with Crippen molar-refractivity contribution in [1.29, 1.82) is 0 Å². The van der Waals surface area contributed by atoms with E-state index in [1.807, 2.05) is 6.92 Å². The predicted molar refractivity (Wildman–Crippen MR) is 75.3 cm³/mol. The Bertz CT molecular complexity index is 625. The molecule has 0 aliphatic rings. The fraction of sp³-hybridized carbons (Fsp3) is 0.133. The van der Waals surface area contributed by atoms with Crippen molar-refractivity contribution >= 4 is 11.6 Å². The summed E-state index contributed by atoms with van der Waals surface area (Å²) in [7, 11) is 0. The fourth-order valence-corrected chi connectivity index (χ4v) is 1.74. The van der Waals surface area contributed by atoms with Gasteiger partial charge in [-0.25, -0.2) is 0 Å². The van der Waals surface area contributed by atoms with E-state index in [1.54, 1.807) is 24.3 Å². The maximum Gasteiger partial charge on any atom is 0.259 e. The number of aromatic hydroxyl groups is 2. The first kappa shape index (κ1) is 13.7. The molecule has 2 aromatic carbocycles. The van der Waals surface area contributed by atoms with Crippen molar-refractivity contribution in [3.63, 3.8) is 0 Å². The van der Waals surface area contributed by atoms with Crippen LogP contribution in [0, 0.1) is 0 Å². The highest BCUT2D eigenvalue weighted by Crippen LogP contribution is 2.29. The Labute approximate surface area is 116 Å². The first-order valence-electron chi connectivity index (χ1n) is 6.17. The molecular formula is C15H15NO4. The third-order valence-corrected chi connectivity index (χ3v) is 2.66. The van der Waals surface area contributed by atoms with Gasteiger partial charge in [0.25, 0.3) is 5.91 Å². The standard InChI is InChI=1S/C15H15NO4/c1-2-20-11-6-3-5-10(9-11)16-15(19)12-7-4-8-13(17)14(12)18/h3-9,17-18H,2H2,1H3,(H,16,19). The third-order valence-electron chi connectivity index (χ3n) is 2.66. The normalized spacial score (nSPS) is 10.1. The van der Waals surface area contributed by atoms with E-state index < -0.39 is 11.7 Å². The van der Waals surface area contributed by atoms with Gasteiger partial charge in [0, 0.05) is 11.8 Å². The van der Waals surface area contributed by atoms with Crippen LogP contribution in [-0.4, -0.2) is 22.7 Å². The summed E-state index contributed by atoms with van der Waals surface area (Å²) in [6, 6.07) is 11.1. The van der Waals surface area contributed by atoms with Crippen LogP contribution >= 0.6 is 0 Å². The zero-order chi connectivity index (χ0) is 14.5. The van der Waals surface area contributed by atoms with E-state index in [0.29, 0.717) is 18.0 Å². The van der Waals surface area contributed by atoms with Crippen LogP contribution in [0.25, 0.3) is 0 Å². The number of carbonyl (C=O) groups excluding carboxylic acids is 1. The zero-order valence-corrected chi connectivity index (χ0v) is 11.0. The first-order chi connectivity index (χ1) is 9.61. The molecule has 104 valence electrons. The smallest absolute Gasteiger partial charge is 0.259 e. The molecule has 1 amide bonds. The molecule has 0 atom stereocenters. The van der Waals surface area contributed by atoms with Gasteiger partial charge in [-0.1, -0.05) is 12.1 Å². The van der Waals surface area contributed by atoms with Crippen LogP contribution in [0.1, 0.15) is 17.3 Å². The van der Waals surface area contributed by atoms with E-state index in [-0.39, 0.29) is 11.3 Å². The maximum atomic E-state index is 12.0. The number of hydrogen-bond donors (Lipinski definition) is 3. The number of hydrogen-bond acceptors (Lipinski definition) is 4. The molecule has 0 fully saturated rings. The van der Waals surface area contributed by atoms with Crippen molar-refractivity contribution in [3.8, 4) is 17.2 Å². The van der Waals surface area contributed by atoms with Crippen molar-refractivity contribution in [2.24, 2.45) is 0 Å². The van der Waals surface area contributed by atoms with Gasteiger partial charge in [-0.3, -0.25) is 4.79 Å². The molecule has 0 aliphatic carbocycles. The first-order valence-corrected chi connectivity index (χ1v) is 6.17. The molecule has 0 aliphatic heterocycles. The molecule has 0 bridgehead atoms. The molecule has 0 radical (unpaired) electrons. The number of anilines is 1. The predicted octanol–water partition coefficient (Wildman–Crippen LogP) is 2.75. The van der Waals surface area contributed by atoms with Gasteiger partial charge in [0.2, 0.25) is 0 Å². The van der Waals surface area contributed by atoms with Crippen molar-refractivity contribution in [2.45, 2.75) is 6.92 Å². The number of phenols is 2. The van der Waals surface area contributed by atoms with Crippen LogP contribution in [0.5, 0.6) is 17.2 Å². The van der Waals surface area contributed by atoms with E-state index in [9.17, 15) is 15.0 Å². The molecule has 2 aromatic rings. The van der Waals surface area contributed by atoms with Crippen LogP contribution in [0.2, 0.25) is 0 Å². The van der Waals surface area contributed by atoms with E-state index in [1.165, 1.54) is 18.2 Å². The van der Waals surface area contributed by atoms with Gasteiger partial charge in [-0.2, -0.15) is 0 Å². The number of para-hydroxylation sites is 1. The number of nitrogens with one attached hydrogen (secondary N) is 1. The van der Waals surface area contributed by atoms with Crippen molar-refractivity contribution in [3.05, 3.63) is 48.0 Å². The third kappa shape index (κ3) is 3.00. The molecule has 0 spiro atoms. The van der Waals surface area contributed by atoms with E-state index >= 15 is 0 Å². The van der Waals surface area contributed by atoms with E-state index in [2.05, 4.69) is 5.32 Å². The number of amides is 1. The second kappa shape index (κ2) is 5.97. The largest absolute Gasteiger partial charge is 0.504 e. The van der Waals surface area contributed by atoms with Crippen LogP contribution < -0.4 is 10.1 Å². The molecule has 0 saturated carbocycles. The summed E-state index contributed by atoms with van der Waals surface area (Å²) in [5.74, 6) is -0.635. The summed E-state index contributed by atoms with van der Waals surface area (Å²) in [6.45, 7) is 2.40. The molecular weight excluding hydrogens is 258 g/mol. The summed E-state index contributed by atoms with van der Waals surface area (Å²) >= 11 is 0. The Morgan fingerprint density at radius 2 is 1.95 bits per heavy atom. The van der Waals surface area contributed by atoms with Gasteiger partial charge in [0.15, 0.2) is 11.5 Å². The lowest BCUT2D eigenvalue weighted by Gasteiger charge is -2.09. The fourth-order valence-electron chi connectivity index (χ4n) is 1.74. The van der Waals surface area contributed by atoms with Crippen molar-refractivity contribution < 1.29 is 19.7 Å². The molecule has 0 heterocycles. The lowest BCUT2D eigenvalue weighted by Crippen LogP contribution is -2.12. The molecule has 20 heavy (non-hydrogen) atoms. The molecule has 3 N–H and O–H groups in total. The summed E-state index contributed by atoms with van der Waals surface area (Å²) < 4.78 is 5.34. The van der Waals surface area contributed by atoms with Crippen LogP contribution in [0.15, 0.2) is 42.5 Å². The summed E-state index contributed by atoms with van der Waals surface area (Å²) in [6.07, 6.45) is 0. The average Bonchev–Trinajstić information content (AvgIpc) is 2.42. The second-order valence-corrected chi connectivity index (χ2v) is 4.09. The average molecular weight is 273 g/mol. The molecule has 0 saturated heterocycles. The highest BCUT2D eigenvalue weighted by Gasteiger charge is 2.14. The zero-order valence-electron chi connectivity index (χ0n) is 11.0. The molecule has 5 heteroatoms. The quantitative estimate of drug-likeness (QED) is 0.748. The SMILES string of the molecule is CCOc1cccc(NC(=O)c2cccc(O)c2O)c1. The van der Waals surface area contributed by atoms with Crippen LogP contribution in [0.4, 0.5) is 5.69 Å². The minimum absolute atomic E-state index is 0.00631. The van der Waals surface area contributed by atoms with Crippen molar-refractivity contribution in [1.82, 2.24) is 0 Å². The number of carbonyl (C=O) groups is 1. The van der Waals surface area contributed by atoms with E-state index in [4.69, 9.17) is 4.74 Å². The Balaban J connectivity index is 2.19. The second-order valence-electron chi connectivity index (χ2n) is 4.09. The highest BCUT2D eigenvalue weighted by molar-refractivity contribution is 6.06. The summed E-state index contributed by atoms with van der Waals surface area (Å²) in [5.41, 5.74) is 0.551. The maximum absolute atomic E-state index is 12.0. The van der Waals surface area contributed by atoms with Gasteiger partial charge in [-0.15, -0.1) is 0 Å². The van der Waals surface area contributed by atoms with Crippen molar-refractivity contribution in [2.75, 3.05) is 11.9 Å².